The maximum Gasteiger partial charge on any atom is 0.226 e. The molecule has 0 aromatic carbocycles. The number of hydrogen-bond acceptors (Lipinski definition) is 6. The lowest BCUT2D eigenvalue weighted by Crippen LogP contribution is -2.35. The van der Waals surface area contributed by atoms with Gasteiger partial charge in [0.25, 0.3) is 0 Å². The fourth-order valence-electron chi connectivity index (χ4n) is 5.53. The monoisotopic (exact) mass is 456 g/mol. The van der Waals surface area contributed by atoms with Gasteiger partial charge in [-0.25, -0.2) is 9.97 Å². The van der Waals surface area contributed by atoms with Gasteiger partial charge in [-0.15, -0.1) is 17.9 Å². The van der Waals surface area contributed by atoms with E-state index < -0.39 is 0 Å². The molecule has 0 radical (unpaired) electrons. The van der Waals surface area contributed by atoms with Crippen molar-refractivity contribution in [1.29, 1.82) is 0 Å². The Labute approximate surface area is 192 Å². The number of nitrogen functional groups attached to an aromatic ring is 1. The number of aromatic nitrogens is 4. The SMILES string of the molecule is C=CCN1CCC(C2CCC(n3cc(-c4nc(C)cs4)c4c(N)nc(Cl)nc43)C2)CC1. The molecule has 2 fully saturated rings. The van der Waals surface area contributed by atoms with Crippen LogP contribution >= 0.6 is 22.9 Å². The van der Waals surface area contributed by atoms with E-state index in [1.807, 2.05) is 13.0 Å². The van der Waals surface area contributed by atoms with Gasteiger partial charge in [-0.3, -0.25) is 4.90 Å². The van der Waals surface area contributed by atoms with E-state index in [0.29, 0.717) is 11.9 Å². The van der Waals surface area contributed by atoms with E-state index in [0.717, 1.165) is 45.7 Å². The third-order valence-electron chi connectivity index (χ3n) is 7.05. The van der Waals surface area contributed by atoms with Crippen LogP contribution in [0.1, 0.15) is 43.8 Å². The maximum atomic E-state index is 6.31. The summed E-state index contributed by atoms with van der Waals surface area (Å²) in [6, 6.07) is 0.416. The van der Waals surface area contributed by atoms with E-state index in [1.54, 1.807) is 11.3 Å². The first-order chi connectivity index (χ1) is 15.0. The van der Waals surface area contributed by atoms with Crippen molar-refractivity contribution in [1.82, 2.24) is 24.4 Å². The van der Waals surface area contributed by atoms with Gasteiger partial charge in [0, 0.05) is 35.4 Å². The minimum Gasteiger partial charge on any atom is -0.383 e. The van der Waals surface area contributed by atoms with E-state index in [4.69, 9.17) is 22.3 Å². The molecule has 1 aliphatic carbocycles. The zero-order chi connectivity index (χ0) is 21.5. The number of likely N-dealkylation sites (tertiary alicyclic amines) is 1. The van der Waals surface area contributed by atoms with Crippen molar-refractivity contribution >= 4 is 39.8 Å². The molecule has 0 bridgehead atoms. The smallest absolute Gasteiger partial charge is 0.226 e. The van der Waals surface area contributed by atoms with Gasteiger partial charge in [0.05, 0.1) is 5.39 Å². The van der Waals surface area contributed by atoms with Crippen molar-refractivity contribution in [3.05, 3.63) is 35.2 Å². The second-order valence-electron chi connectivity index (χ2n) is 8.97. The lowest BCUT2D eigenvalue weighted by molar-refractivity contribution is 0.158. The van der Waals surface area contributed by atoms with Crippen LogP contribution in [0.5, 0.6) is 0 Å². The van der Waals surface area contributed by atoms with Crippen LogP contribution in [0.25, 0.3) is 21.6 Å². The largest absolute Gasteiger partial charge is 0.383 e. The summed E-state index contributed by atoms with van der Waals surface area (Å²) >= 11 is 7.84. The van der Waals surface area contributed by atoms with Crippen LogP contribution in [0.3, 0.4) is 0 Å². The Morgan fingerprint density at radius 3 is 2.71 bits per heavy atom. The minimum absolute atomic E-state index is 0.204. The molecular weight excluding hydrogens is 428 g/mol. The molecule has 6 nitrogen and oxygen atoms in total. The van der Waals surface area contributed by atoms with Gasteiger partial charge >= 0.3 is 0 Å². The Morgan fingerprint density at radius 1 is 1.19 bits per heavy atom. The van der Waals surface area contributed by atoms with Gasteiger partial charge in [-0.1, -0.05) is 6.08 Å². The van der Waals surface area contributed by atoms with Crippen LogP contribution in [0.4, 0.5) is 5.82 Å². The Morgan fingerprint density at radius 2 is 2.00 bits per heavy atom. The predicted octanol–water partition coefficient (Wildman–Crippen LogP) is 5.34. The highest BCUT2D eigenvalue weighted by atomic mass is 35.5. The summed E-state index contributed by atoms with van der Waals surface area (Å²) in [4.78, 5) is 16.0. The summed E-state index contributed by atoms with van der Waals surface area (Å²) in [6.07, 6.45) is 10.4. The van der Waals surface area contributed by atoms with Crippen LogP contribution in [-0.2, 0) is 0 Å². The van der Waals surface area contributed by atoms with Crippen molar-refractivity contribution in [2.45, 2.75) is 45.1 Å². The van der Waals surface area contributed by atoms with E-state index in [-0.39, 0.29) is 5.28 Å². The molecule has 1 saturated carbocycles. The molecule has 2 atom stereocenters. The molecule has 3 aromatic rings. The van der Waals surface area contributed by atoms with Crippen molar-refractivity contribution in [3.8, 4) is 10.6 Å². The van der Waals surface area contributed by atoms with Crippen molar-refractivity contribution in [2.75, 3.05) is 25.4 Å². The number of hydrogen-bond donors (Lipinski definition) is 1. The highest BCUT2D eigenvalue weighted by Gasteiger charge is 2.34. The van der Waals surface area contributed by atoms with E-state index in [9.17, 15) is 0 Å². The van der Waals surface area contributed by atoms with Gasteiger partial charge in [0.1, 0.15) is 16.5 Å². The predicted molar refractivity (Wildman–Crippen MR) is 129 cm³/mol. The molecular formula is C23H29ClN6S. The third kappa shape index (κ3) is 3.99. The summed E-state index contributed by atoms with van der Waals surface area (Å²) in [7, 11) is 0. The molecule has 5 rings (SSSR count). The second kappa shape index (κ2) is 8.52. The number of nitrogens with two attached hydrogens (primary N) is 1. The number of piperidine rings is 1. The Bertz CT molecular complexity index is 1100. The summed E-state index contributed by atoms with van der Waals surface area (Å²) in [6.45, 7) is 9.29. The van der Waals surface area contributed by atoms with Crippen molar-refractivity contribution in [2.24, 2.45) is 11.8 Å². The number of rotatable bonds is 5. The second-order valence-corrected chi connectivity index (χ2v) is 10.2. The van der Waals surface area contributed by atoms with Gasteiger partial charge in [0.15, 0.2) is 0 Å². The minimum atomic E-state index is 0.204. The first-order valence-electron chi connectivity index (χ1n) is 11.1. The number of thiazole rings is 1. The molecule has 1 saturated heterocycles. The number of fused-ring (bicyclic) bond motifs is 1. The molecule has 8 heteroatoms. The molecule has 164 valence electrons. The fourth-order valence-corrected chi connectivity index (χ4v) is 6.51. The standard InChI is InChI=1S/C23H29ClN6S/c1-3-8-29-9-6-15(7-10-29)16-4-5-17(11-16)30-12-18(22-26-14(2)13-31-22)19-20(25)27-23(24)28-21(19)30/h3,12-13,15-17H,1,4-11H2,2H3,(H2,25,27,28). The normalized spacial score (nSPS) is 23.0. The molecule has 31 heavy (non-hydrogen) atoms. The van der Waals surface area contributed by atoms with Crippen molar-refractivity contribution in [3.63, 3.8) is 0 Å². The average Bonchev–Trinajstić information content (AvgIpc) is 3.47. The van der Waals surface area contributed by atoms with Crippen molar-refractivity contribution < 1.29 is 0 Å². The molecule has 2 N–H and O–H groups in total. The number of anilines is 1. The Balaban J connectivity index is 1.42. The third-order valence-corrected chi connectivity index (χ3v) is 8.21. The molecule has 2 aliphatic rings. The number of nitrogens with zero attached hydrogens (tertiary/aromatic N) is 5. The highest BCUT2D eigenvalue weighted by molar-refractivity contribution is 7.13. The summed E-state index contributed by atoms with van der Waals surface area (Å²) in [5.74, 6) is 2.02. The first kappa shape index (κ1) is 20.9. The van der Waals surface area contributed by atoms with E-state index in [1.165, 1.54) is 45.2 Å². The lowest BCUT2D eigenvalue weighted by Gasteiger charge is -2.34. The molecule has 0 spiro atoms. The summed E-state index contributed by atoms with van der Waals surface area (Å²) in [5.41, 5.74) is 9.18. The quantitative estimate of drug-likeness (QED) is 0.414. The first-order valence-corrected chi connectivity index (χ1v) is 12.4. The maximum absolute atomic E-state index is 6.31. The zero-order valence-electron chi connectivity index (χ0n) is 17.9. The summed E-state index contributed by atoms with van der Waals surface area (Å²) in [5, 5.41) is 4.11. The van der Waals surface area contributed by atoms with Crippen LogP contribution in [0, 0.1) is 18.8 Å². The molecule has 0 amide bonds. The summed E-state index contributed by atoms with van der Waals surface area (Å²) < 4.78 is 2.30. The van der Waals surface area contributed by atoms with Crippen LogP contribution in [-0.4, -0.2) is 44.1 Å². The Kier molecular flexibility index (Phi) is 5.75. The van der Waals surface area contributed by atoms with E-state index in [2.05, 4.69) is 37.6 Å². The molecule has 1 aliphatic heterocycles. The lowest BCUT2D eigenvalue weighted by atomic mass is 9.83. The van der Waals surface area contributed by atoms with Gasteiger partial charge < -0.3 is 10.3 Å². The highest BCUT2D eigenvalue weighted by Crippen LogP contribution is 2.45. The fraction of sp³-hybridized carbons (Fsp3) is 0.522. The average molecular weight is 457 g/mol. The van der Waals surface area contributed by atoms with Gasteiger partial charge in [-0.2, -0.15) is 4.98 Å². The van der Waals surface area contributed by atoms with Crippen LogP contribution in [0.2, 0.25) is 5.28 Å². The van der Waals surface area contributed by atoms with Crippen LogP contribution in [0.15, 0.2) is 24.2 Å². The molecule has 2 unspecified atom stereocenters. The molecule has 3 aromatic heterocycles. The Hall–Kier alpha value is -1.96. The van der Waals surface area contributed by atoms with Gasteiger partial charge in [-0.05, 0) is 75.6 Å². The van der Waals surface area contributed by atoms with E-state index >= 15 is 0 Å². The number of halogens is 1. The number of aryl methyl sites for hydroxylation is 1. The topological polar surface area (TPSA) is 72.9 Å². The van der Waals surface area contributed by atoms with Gasteiger partial charge in [0.2, 0.25) is 5.28 Å². The zero-order valence-corrected chi connectivity index (χ0v) is 19.5. The molecule has 4 heterocycles. The van der Waals surface area contributed by atoms with Crippen LogP contribution < -0.4 is 5.73 Å².